The molecule has 4 rings (SSSR count). The number of benzene rings is 2. The second-order valence-electron chi connectivity index (χ2n) is 7.26. The normalized spacial score (nSPS) is 16.0. The first-order valence-electron chi connectivity index (χ1n) is 9.65. The topological polar surface area (TPSA) is 97.6 Å². The van der Waals surface area contributed by atoms with Crippen molar-refractivity contribution in [3.8, 4) is 5.75 Å². The van der Waals surface area contributed by atoms with E-state index in [0.717, 1.165) is 22.6 Å². The van der Waals surface area contributed by atoms with E-state index >= 15 is 0 Å². The summed E-state index contributed by atoms with van der Waals surface area (Å²) in [6.45, 7) is 2.43. The van der Waals surface area contributed by atoms with E-state index in [9.17, 15) is 9.59 Å². The maximum atomic E-state index is 12.5. The summed E-state index contributed by atoms with van der Waals surface area (Å²) in [5.74, 6) is 0.578. The fourth-order valence-electron chi connectivity index (χ4n) is 3.39. The zero-order valence-electron chi connectivity index (χ0n) is 16.8. The van der Waals surface area contributed by atoms with Crippen molar-refractivity contribution in [3.63, 3.8) is 0 Å². The highest BCUT2D eigenvalue weighted by Gasteiger charge is 2.35. The number of hydrogen-bond donors (Lipinski definition) is 1. The van der Waals surface area contributed by atoms with Gasteiger partial charge in [-0.05, 0) is 36.8 Å². The monoisotopic (exact) mass is 406 g/mol. The minimum atomic E-state index is -0.239. The molecule has 0 bridgehead atoms. The number of aromatic nitrogens is 2. The Bertz CT molecular complexity index is 1040. The van der Waals surface area contributed by atoms with Crippen molar-refractivity contribution in [2.75, 3.05) is 23.9 Å². The number of rotatable bonds is 6. The second-order valence-corrected chi connectivity index (χ2v) is 7.26. The summed E-state index contributed by atoms with van der Waals surface area (Å²) in [4.78, 5) is 26.4. The molecule has 0 spiro atoms. The number of ether oxygens (including phenoxy) is 1. The number of hydrogen-bond acceptors (Lipinski definition) is 6. The smallest absolute Gasteiger partial charge is 0.322 e. The summed E-state index contributed by atoms with van der Waals surface area (Å²) >= 11 is 0. The van der Waals surface area contributed by atoms with Gasteiger partial charge in [0.2, 0.25) is 17.7 Å². The highest BCUT2D eigenvalue weighted by atomic mass is 16.5. The molecule has 1 fully saturated rings. The third-order valence-corrected chi connectivity index (χ3v) is 5.03. The Morgan fingerprint density at radius 2 is 1.90 bits per heavy atom. The number of nitrogens with zero attached hydrogens (tertiary/aromatic N) is 3. The molecule has 1 N–H and O–H groups in total. The SMILES string of the molecule is COc1ccc(N2CC(c3nnc(NC(=O)Cc4ccc(C)cc4)o3)CC2=O)cc1. The van der Waals surface area contributed by atoms with Gasteiger partial charge in [0.15, 0.2) is 0 Å². The average molecular weight is 406 g/mol. The van der Waals surface area contributed by atoms with Gasteiger partial charge in [0, 0.05) is 18.7 Å². The van der Waals surface area contributed by atoms with Crippen LogP contribution in [0.2, 0.25) is 0 Å². The fraction of sp³-hybridized carbons (Fsp3) is 0.273. The number of carbonyl (C=O) groups is 2. The Morgan fingerprint density at radius 3 is 2.60 bits per heavy atom. The standard InChI is InChI=1S/C22H22N4O4/c1-14-3-5-15(6-4-14)11-19(27)23-22-25-24-21(30-22)16-12-20(28)26(13-16)17-7-9-18(29-2)10-8-17/h3-10,16H,11-13H2,1-2H3,(H,23,25,27). The molecule has 0 aliphatic carbocycles. The largest absolute Gasteiger partial charge is 0.497 e. The molecule has 2 heterocycles. The molecule has 0 saturated carbocycles. The summed E-state index contributed by atoms with van der Waals surface area (Å²) < 4.78 is 10.8. The van der Waals surface area contributed by atoms with Crippen molar-refractivity contribution in [2.45, 2.75) is 25.7 Å². The molecule has 1 unspecified atom stereocenters. The van der Waals surface area contributed by atoms with Crippen molar-refractivity contribution in [1.82, 2.24) is 10.2 Å². The van der Waals surface area contributed by atoms with E-state index < -0.39 is 0 Å². The van der Waals surface area contributed by atoms with Gasteiger partial charge >= 0.3 is 6.01 Å². The van der Waals surface area contributed by atoms with Crippen LogP contribution < -0.4 is 15.0 Å². The fourth-order valence-corrected chi connectivity index (χ4v) is 3.39. The lowest BCUT2D eigenvalue weighted by Crippen LogP contribution is -2.24. The lowest BCUT2D eigenvalue weighted by molar-refractivity contribution is -0.117. The highest BCUT2D eigenvalue weighted by molar-refractivity contribution is 5.96. The highest BCUT2D eigenvalue weighted by Crippen LogP contribution is 2.32. The summed E-state index contributed by atoms with van der Waals surface area (Å²) in [7, 11) is 1.60. The maximum absolute atomic E-state index is 12.5. The van der Waals surface area contributed by atoms with E-state index in [1.807, 2.05) is 55.5 Å². The van der Waals surface area contributed by atoms with E-state index in [-0.39, 0.29) is 36.6 Å². The molecular weight excluding hydrogens is 384 g/mol. The zero-order chi connectivity index (χ0) is 21.1. The van der Waals surface area contributed by atoms with Crippen molar-refractivity contribution in [2.24, 2.45) is 0 Å². The first-order chi connectivity index (χ1) is 14.5. The van der Waals surface area contributed by atoms with Gasteiger partial charge < -0.3 is 14.1 Å². The Labute approximate surface area is 173 Å². The van der Waals surface area contributed by atoms with Crippen LogP contribution >= 0.6 is 0 Å². The lowest BCUT2D eigenvalue weighted by Gasteiger charge is -2.16. The zero-order valence-corrected chi connectivity index (χ0v) is 16.8. The van der Waals surface area contributed by atoms with Crippen molar-refractivity contribution in [1.29, 1.82) is 0 Å². The van der Waals surface area contributed by atoms with E-state index in [1.165, 1.54) is 0 Å². The Balaban J connectivity index is 1.38. The van der Waals surface area contributed by atoms with Gasteiger partial charge in [0.25, 0.3) is 0 Å². The molecule has 3 aromatic rings. The molecule has 1 aliphatic heterocycles. The van der Waals surface area contributed by atoms with Gasteiger partial charge in [-0.2, -0.15) is 0 Å². The summed E-state index contributed by atoms with van der Waals surface area (Å²) in [6, 6.07) is 15.1. The van der Waals surface area contributed by atoms with Crippen LogP contribution in [-0.2, 0) is 16.0 Å². The van der Waals surface area contributed by atoms with Gasteiger partial charge in [0.1, 0.15) is 5.75 Å². The number of nitrogens with one attached hydrogen (secondary N) is 1. The molecule has 2 aromatic carbocycles. The quantitative estimate of drug-likeness (QED) is 0.676. The Morgan fingerprint density at radius 1 is 1.17 bits per heavy atom. The van der Waals surface area contributed by atoms with Crippen molar-refractivity contribution >= 4 is 23.5 Å². The van der Waals surface area contributed by atoms with E-state index in [2.05, 4.69) is 15.5 Å². The molecule has 8 nitrogen and oxygen atoms in total. The number of methoxy groups -OCH3 is 1. The van der Waals surface area contributed by atoms with Crippen LogP contribution in [0.3, 0.4) is 0 Å². The number of aryl methyl sites for hydroxylation is 1. The summed E-state index contributed by atoms with van der Waals surface area (Å²) in [5, 5.41) is 10.6. The molecule has 1 atom stereocenters. The molecule has 1 aromatic heterocycles. The molecule has 30 heavy (non-hydrogen) atoms. The van der Waals surface area contributed by atoms with Crippen LogP contribution in [0, 0.1) is 6.92 Å². The summed E-state index contributed by atoms with van der Waals surface area (Å²) in [6.07, 6.45) is 0.482. The third-order valence-electron chi connectivity index (χ3n) is 5.03. The average Bonchev–Trinajstić information content (AvgIpc) is 3.36. The number of carbonyl (C=O) groups excluding carboxylic acids is 2. The van der Waals surface area contributed by atoms with Crippen LogP contribution in [-0.4, -0.2) is 35.7 Å². The van der Waals surface area contributed by atoms with Crippen molar-refractivity contribution < 1.29 is 18.7 Å². The van der Waals surface area contributed by atoms with Crippen LogP contribution in [0.25, 0.3) is 0 Å². The van der Waals surface area contributed by atoms with Crippen molar-refractivity contribution in [3.05, 3.63) is 65.5 Å². The van der Waals surface area contributed by atoms with E-state index in [0.29, 0.717) is 12.4 Å². The van der Waals surface area contributed by atoms with Gasteiger partial charge in [-0.15, -0.1) is 5.10 Å². The minimum Gasteiger partial charge on any atom is -0.497 e. The van der Waals surface area contributed by atoms with E-state index in [1.54, 1.807) is 12.0 Å². The molecule has 2 amide bonds. The van der Waals surface area contributed by atoms with Crippen LogP contribution in [0.5, 0.6) is 5.75 Å². The van der Waals surface area contributed by atoms with Gasteiger partial charge in [-0.25, -0.2) is 0 Å². The first kappa shape index (κ1) is 19.6. The molecule has 8 heteroatoms. The molecule has 0 radical (unpaired) electrons. The third kappa shape index (κ3) is 4.32. The van der Waals surface area contributed by atoms with Gasteiger partial charge in [0.05, 0.1) is 19.4 Å². The number of amides is 2. The predicted molar refractivity (Wildman–Crippen MR) is 111 cm³/mol. The van der Waals surface area contributed by atoms with Crippen LogP contribution in [0.1, 0.15) is 29.4 Å². The predicted octanol–water partition coefficient (Wildman–Crippen LogP) is 3.09. The molecule has 1 saturated heterocycles. The van der Waals surface area contributed by atoms with Gasteiger partial charge in [-0.3, -0.25) is 14.9 Å². The van der Waals surface area contributed by atoms with Crippen LogP contribution in [0.4, 0.5) is 11.7 Å². The minimum absolute atomic E-state index is 0.0201. The summed E-state index contributed by atoms with van der Waals surface area (Å²) in [5.41, 5.74) is 2.82. The molecule has 154 valence electrons. The van der Waals surface area contributed by atoms with Gasteiger partial charge in [-0.1, -0.05) is 34.9 Å². The van der Waals surface area contributed by atoms with E-state index in [4.69, 9.17) is 9.15 Å². The molecular formula is C22H22N4O4. The Hall–Kier alpha value is -3.68. The first-order valence-corrected chi connectivity index (χ1v) is 9.65. The maximum Gasteiger partial charge on any atom is 0.322 e. The van der Waals surface area contributed by atoms with Crippen LogP contribution in [0.15, 0.2) is 52.9 Å². The molecule has 1 aliphatic rings. The lowest BCUT2D eigenvalue weighted by atomic mass is 10.1. The Kier molecular flexibility index (Phi) is 5.47. The number of anilines is 2. The second kappa shape index (κ2) is 8.36.